The van der Waals surface area contributed by atoms with E-state index in [-0.39, 0.29) is 12.6 Å². The predicted molar refractivity (Wildman–Crippen MR) is 68.7 cm³/mol. The molecule has 0 fully saturated rings. The van der Waals surface area contributed by atoms with Gasteiger partial charge < -0.3 is 9.30 Å². The molecule has 0 amide bonds. The summed E-state index contributed by atoms with van der Waals surface area (Å²) in [5.74, 6) is -0.557. The molecule has 0 bridgehead atoms. The van der Waals surface area contributed by atoms with Gasteiger partial charge in [-0.2, -0.15) is 0 Å². The lowest BCUT2D eigenvalue weighted by atomic mass is 10.1. The van der Waals surface area contributed by atoms with Crippen molar-refractivity contribution < 1.29 is 13.9 Å². The third-order valence-corrected chi connectivity index (χ3v) is 2.88. The monoisotopic (exact) mass is 261 g/mol. The molecule has 4 nitrogen and oxygen atoms in total. The van der Waals surface area contributed by atoms with Crippen molar-refractivity contribution >= 4 is 5.97 Å². The minimum absolute atomic E-state index is 0.0448. The zero-order valence-corrected chi connectivity index (χ0v) is 10.6. The number of alkyl halides is 1. The van der Waals surface area contributed by atoms with E-state index in [1.54, 1.807) is 10.9 Å². The first-order chi connectivity index (χ1) is 9.24. The van der Waals surface area contributed by atoms with Crippen LogP contribution in [0.5, 0.6) is 0 Å². The third kappa shape index (κ3) is 2.99. The Labute approximate surface area is 110 Å². The maximum Gasteiger partial charge on any atom is 0.356 e. The smallest absolute Gasteiger partial charge is 0.356 e. The summed E-state index contributed by atoms with van der Waals surface area (Å²) < 4.78 is 18.5. The van der Waals surface area contributed by atoms with Crippen molar-refractivity contribution in [2.24, 2.45) is 0 Å². The fourth-order valence-corrected chi connectivity index (χ4v) is 1.87. The lowest BCUT2D eigenvalue weighted by molar-refractivity contribution is 0.0467. The minimum Gasteiger partial charge on any atom is -0.458 e. The predicted octanol–water partition coefficient (Wildman–Crippen LogP) is 2.62. The molecule has 0 unspecified atom stereocenters. The van der Waals surface area contributed by atoms with Crippen LogP contribution in [0.25, 0.3) is 0 Å². The van der Waals surface area contributed by atoms with E-state index in [4.69, 9.17) is 4.74 Å². The van der Waals surface area contributed by atoms with Crippen LogP contribution in [-0.2, 0) is 4.74 Å². The average molecular weight is 261 g/mol. The number of ether oxygens (including phenoxy) is 1. The summed E-state index contributed by atoms with van der Waals surface area (Å²) in [5, 5.41) is 0. The Kier molecular flexibility index (Phi) is 4.28. The number of benzene rings is 1. The van der Waals surface area contributed by atoms with E-state index in [0.29, 0.717) is 5.69 Å². The molecular weight excluding hydrogens is 246 g/mol. The number of halogens is 1. The van der Waals surface area contributed by atoms with Crippen molar-refractivity contribution in [3.8, 4) is 0 Å². The molecule has 0 radical (unpaired) electrons. The van der Waals surface area contributed by atoms with Gasteiger partial charge in [-0.05, 0) is 12.5 Å². The molecule has 1 heterocycles. The maximum atomic E-state index is 12.0. The molecule has 0 aliphatic heterocycles. The molecule has 0 aliphatic carbocycles. The standard InChI is InChI=1S/C14H15FN2O2/c1-11(12-5-3-2-4-6-12)17-10-16-9-13(17)14(18)19-8-7-15/h2-6,9-11H,7-8H2,1H3/t11-/m1/s1/i15-1. The molecule has 2 aromatic rings. The number of aromatic nitrogens is 2. The van der Waals surface area contributed by atoms with E-state index in [1.807, 2.05) is 37.3 Å². The van der Waals surface area contributed by atoms with Crippen LogP contribution >= 0.6 is 0 Å². The van der Waals surface area contributed by atoms with E-state index >= 15 is 0 Å². The van der Waals surface area contributed by atoms with Gasteiger partial charge in [-0.15, -0.1) is 0 Å². The van der Waals surface area contributed by atoms with Crippen molar-refractivity contribution in [3.63, 3.8) is 0 Å². The third-order valence-electron chi connectivity index (χ3n) is 2.88. The zero-order valence-electron chi connectivity index (χ0n) is 10.6. The Morgan fingerprint density at radius 2 is 2.16 bits per heavy atom. The highest BCUT2D eigenvalue weighted by atomic mass is 18.2. The van der Waals surface area contributed by atoms with Gasteiger partial charge in [0.1, 0.15) is 19.0 Å². The summed E-state index contributed by atoms with van der Waals surface area (Å²) in [6, 6.07) is 9.70. The molecule has 1 aromatic carbocycles. The molecule has 1 aromatic heterocycles. The van der Waals surface area contributed by atoms with E-state index in [0.717, 1.165) is 5.56 Å². The van der Waals surface area contributed by atoms with Crippen molar-refractivity contribution in [2.75, 3.05) is 13.3 Å². The van der Waals surface area contributed by atoms with Crippen molar-refractivity contribution in [2.45, 2.75) is 13.0 Å². The van der Waals surface area contributed by atoms with Crippen LogP contribution in [-0.4, -0.2) is 28.8 Å². The van der Waals surface area contributed by atoms with Gasteiger partial charge in [-0.3, -0.25) is 0 Å². The highest BCUT2D eigenvalue weighted by Gasteiger charge is 2.17. The van der Waals surface area contributed by atoms with E-state index in [1.165, 1.54) is 6.20 Å². The first kappa shape index (κ1) is 13.3. The summed E-state index contributed by atoms with van der Waals surface area (Å²) in [5.41, 5.74) is 1.38. The number of carbonyl (C=O) groups excluding carboxylic acids is 1. The Bertz CT molecular complexity index is 539. The Morgan fingerprint density at radius 3 is 2.84 bits per heavy atom. The largest absolute Gasteiger partial charge is 0.458 e. The van der Waals surface area contributed by atoms with Crippen LogP contribution in [0.3, 0.4) is 0 Å². The molecular formula is C14H15FN2O2. The first-order valence-corrected chi connectivity index (χ1v) is 6.04. The molecule has 5 heteroatoms. The second-order valence-corrected chi connectivity index (χ2v) is 4.10. The molecule has 0 aliphatic rings. The van der Waals surface area contributed by atoms with Crippen molar-refractivity contribution in [1.29, 1.82) is 0 Å². The van der Waals surface area contributed by atoms with Gasteiger partial charge in [-0.1, -0.05) is 30.3 Å². The number of nitrogens with zero attached hydrogens (tertiary/aromatic N) is 2. The highest BCUT2D eigenvalue weighted by Crippen LogP contribution is 2.19. The zero-order chi connectivity index (χ0) is 13.7. The Hall–Kier alpha value is -2.17. The summed E-state index contributed by atoms with van der Waals surface area (Å²) in [6.45, 7) is 1.04. The maximum absolute atomic E-state index is 12.0. The van der Waals surface area contributed by atoms with E-state index in [2.05, 4.69) is 4.98 Å². The van der Waals surface area contributed by atoms with Crippen LogP contribution in [0, 0.1) is 0 Å². The van der Waals surface area contributed by atoms with Crippen LogP contribution in [0.2, 0.25) is 0 Å². The number of rotatable bonds is 5. The number of hydrogen-bond donors (Lipinski definition) is 0. The quantitative estimate of drug-likeness (QED) is 0.777. The van der Waals surface area contributed by atoms with Gasteiger partial charge in [-0.25, -0.2) is 14.2 Å². The second-order valence-electron chi connectivity index (χ2n) is 4.10. The summed E-state index contributed by atoms with van der Waals surface area (Å²) >= 11 is 0. The van der Waals surface area contributed by atoms with Crippen LogP contribution in [0.1, 0.15) is 29.0 Å². The van der Waals surface area contributed by atoms with Gasteiger partial charge in [0, 0.05) is 0 Å². The van der Waals surface area contributed by atoms with Crippen molar-refractivity contribution in [3.05, 3.63) is 54.1 Å². The minimum atomic E-state index is -0.686. The fourth-order valence-electron chi connectivity index (χ4n) is 1.87. The Morgan fingerprint density at radius 1 is 1.42 bits per heavy atom. The Balaban J connectivity index is 2.22. The molecule has 0 saturated heterocycles. The van der Waals surface area contributed by atoms with E-state index < -0.39 is 12.6 Å². The fraction of sp³-hybridized carbons (Fsp3) is 0.286. The summed E-state index contributed by atoms with van der Waals surface area (Å²) in [4.78, 5) is 15.7. The molecule has 100 valence electrons. The lowest BCUT2D eigenvalue weighted by Crippen LogP contribution is -2.16. The SMILES string of the molecule is C[C@H](c1ccccc1)n1cncc1C(=O)OCC[18F]. The van der Waals surface area contributed by atoms with Gasteiger partial charge in [0.2, 0.25) is 0 Å². The molecule has 2 rings (SSSR count). The first-order valence-electron chi connectivity index (χ1n) is 6.04. The van der Waals surface area contributed by atoms with Crippen molar-refractivity contribution in [1.82, 2.24) is 9.55 Å². The van der Waals surface area contributed by atoms with E-state index in [9.17, 15) is 9.18 Å². The normalized spacial score (nSPS) is 12.1. The highest BCUT2D eigenvalue weighted by molar-refractivity contribution is 5.87. The number of hydrogen-bond acceptors (Lipinski definition) is 3. The van der Waals surface area contributed by atoms with Gasteiger partial charge in [0.05, 0.1) is 18.6 Å². The lowest BCUT2D eigenvalue weighted by Gasteiger charge is -2.16. The van der Waals surface area contributed by atoms with Gasteiger partial charge >= 0.3 is 5.97 Å². The van der Waals surface area contributed by atoms with Crippen LogP contribution < -0.4 is 0 Å². The number of esters is 1. The molecule has 19 heavy (non-hydrogen) atoms. The van der Waals surface area contributed by atoms with Crippen LogP contribution in [0.4, 0.5) is 4.39 Å². The average Bonchev–Trinajstić information content (AvgIpc) is 2.94. The van der Waals surface area contributed by atoms with Gasteiger partial charge in [0.25, 0.3) is 0 Å². The summed E-state index contributed by atoms with van der Waals surface area (Å²) in [7, 11) is 0. The molecule has 1 atom stereocenters. The number of imidazole rings is 1. The molecule has 0 spiro atoms. The number of carbonyl (C=O) groups is 1. The summed E-state index contributed by atoms with van der Waals surface area (Å²) in [6.07, 6.45) is 3.00. The molecule has 0 N–H and O–H groups in total. The second kappa shape index (κ2) is 6.13. The van der Waals surface area contributed by atoms with Gasteiger partial charge in [0.15, 0.2) is 0 Å². The van der Waals surface area contributed by atoms with Crippen LogP contribution in [0.15, 0.2) is 42.9 Å². The molecule has 0 saturated carbocycles. The topological polar surface area (TPSA) is 44.1 Å².